The van der Waals surface area contributed by atoms with Crippen molar-refractivity contribution in [1.29, 1.82) is 0 Å². The van der Waals surface area contributed by atoms with E-state index < -0.39 is 15.8 Å². The molecule has 9 heteroatoms. The summed E-state index contributed by atoms with van der Waals surface area (Å²) in [5, 5.41) is 2.66. The Bertz CT molecular complexity index is 735. The van der Waals surface area contributed by atoms with Crippen LogP contribution in [0.15, 0.2) is 23.1 Å². The van der Waals surface area contributed by atoms with Crippen molar-refractivity contribution < 1.29 is 17.6 Å². The maximum absolute atomic E-state index is 13.2. The van der Waals surface area contributed by atoms with Crippen LogP contribution >= 0.6 is 11.6 Å². The fourth-order valence-electron chi connectivity index (χ4n) is 2.67. The summed E-state index contributed by atoms with van der Waals surface area (Å²) < 4.78 is 39.9. The predicted octanol–water partition coefficient (Wildman–Crippen LogP) is 1.95. The van der Waals surface area contributed by atoms with Crippen LogP contribution in [0.25, 0.3) is 0 Å². The fourth-order valence-corrected chi connectivity index (χ4v) is 4.37. The summed E-state index contributed by atoms with van der Waals surface area (Å²) in [4.78, 5) is 13.8. The van der Waals surface area contributed by atoms with Gasteiger partial charge in [-0.05, 0) is 30.5 Å². The summed E-state index contributed by atoms with van der Waals surface area (Å²) >= 11 is 5.69. The highest BCUT2D eigenvalue weighted by molar-refractivity contribution is 7.89. The van der Waals surface area contributed by atoms with Crippen molar-refractivity contribution >= 4 is 27.5 Å². The molecule has 1 aliphatic heterocycles. The van der Waals surface area contributed by atoms with Crippen LogP contribution < -0.4 is 5.32 Å². The van der Waals surface area contributed by atoms with E-state index in [9.17, 15) is 17.6 Å². The molecule has 2 rings (SSSR count). The summed E-state index contributed by atoms with van der Waals surface area (Å²) in [6.07, 6.45) is 0.929. The largest absolute Gasteiger partial charge is 0.355 e. The van der Waals surface area contributed by atoms with Crippen LogP contribution in [0, 0.1) is 11.7 Å². The fraction of sp³-hybridized carbons (Fsp3) is 0.588. The molecule has 1 aromatic rings. The van der Waals surface area contributed by atoms with Gasteiger partial charge in [0.1, 0.15) is 5.82 Å². The third-order valence-electron chi connectivity index (χ3n) is 4.27. The molecular weight excluding hydrogens is 381 g/mol. The van der Waals surface area contributed by atoms with Crippen LogP contribution in [-0.4, -0.2) is 62.8 Å². The van der Waals surface area contributed by atoms with Crippen LogP contribution in [0.1, 0.15) is 20.3 Å². The Kier molecular flexibility index (Phi) is 7.40. The smallest absolute Gasteiger partial charge is 0.243 e. The molecule has 0 atom stereocenters. The molecule has 1 saturated heterocycles. The molecule has 0 aromatic heterocycles. The number of halogens is 2. The Labute approximate surface area is 159 Å². The maximum atomic E-state index is 13.2. The molecular formula is C17H25ClFN3O3S. The molecule has 0 spiro atoms. The third kappa shape index (κ3) is 5.64. The normalized spacial score (nSPS) is 16.8. The number of nitrogens with one attached hydrogen (secondary N) is 1. The number of piperazine rings is 1. The van der Waals surface area contributed by atoms with Gasteiger partial charge in [-0.2, -0.15) is 4.31 Å². The van der Waals surface area contributed by atoms with Gasteiger partial charge >= 0.3 is 0 Å². The lowest BCUT2D eigenvalue weighted by molar-refractivity contribution is -0.122. The number of benzene rings is 1. The van der Waals surface area contributed by atoms with Crippen molar-refractivity contribution in [2.45, 2.75) is 25.2 Å². The SMILES string of the molecule is CC(C)CCNC(=O)CN1CCN(S(=O)(=O)c2ccc(F)c(Cl)c2)CC1. The molecule has 6 nitrogen and oxygen atoms in total. The van der Waals surface area contributed by atoms with Gasteiger partial charge in [0.2, 0.25) is 15.9 Å². The Morgan fingerprint density at radius 3 is 2.50 bits per heavy atom. The molecule has 1 aliphatic rings. The lowest BCUT2D eigenvalue weighted by atomic mass is 10.1. The van der Waals surface area contributed by atoms with Gasteiger partial charge in [-0.3, -0.25) is 9.69 Å². The monoisotopic (exact) mass is 405 g/mol. The molecule has 0 saturated carbocycles. The quantitative estimate of drug-likeness (QED) is 0.752. The second kappa shape index (κ2) is 9.12. The zero-order chi connectivity index (χ0) is 19.3. The Morgan fingerprint density at radius 1 is 1.27 bits per heavy atom. The van der Waals surface area contributed by atoms with Gasteiger partial charge < -0.3 is 5.32 Å². The average molecular weight is 406 g/mol. The number of amides is 1. The minimum atomic E-state index is -3.72. The second-order valence-corrected chi connectivity index (χ2v) is 9.13. The molecule has 0 radical (unpaired) electrons. The molecule has 1 aromatic carbocycles. The van der Waals surface area contributed by atoms with Gasteiger partial charge in [-0.1, -0.05) is 25.4 Å². The van der Waals surface area contributed by atoms with Crippen LogP contribution in [0.2, 0.25) is 5.02 Å². The highest BCUT2D eigenvalue weighted by atomic mass is 35.5. The Hall–Kier alpha value is -1.22. The van der Waals surface area contributed by atoms with Crippen LogP contribution in [0.4, 0.5) is 4.39 Å². The number of nitrogens with zero attached hydrogens (tertiary/aromatic N) is 2. The van der Waals surface area contributed by atoms with Crippen LogP contribution in [-0.2, 0) is 14.8 Å². The summed E-state index contributed by atoms with van der Waals surface area (Å²) in [6, 6.07) is 3.39. The number of carbonyl (C=O) groups is 1. The van der Waals surface area contributed by atoms with Crippen molar-refractivity contribution in [1.82, 2.24) is 14.5 Å². The number of hydrogen-bond acceptors (Lipinski definition) is 4. The zero-order valence-corrected chi connectivity index (χ0v) is 16.6. The van der Waals surface area contributed by atoms with Gasteiger partial charge in [-0.15, -0.1) is 0 Å². The molecule has 0 unspecified atom stereocenters. The number of hydrogen-bond donors (Lipinski definition) is 1. The van der Waals surface area contributed by atoms with Crippen molar-refractivity contribution in [3.8, 4) is 0 Å². The first-order valence-electron chi connectivity index (χ1n) is 8.64. The molecule has 1 N–H and O–H groups in total. The van der Waals surface area contributed by atoms with Crippen molar-refractivity contribution in [3.05, 3.63) is 29.0 Å². The van der Waals surface area contributed by atoms with E-state index in [1.807, 2.05) is 4.90 Å². The minimum Gasteiger partial charge on any atom is -0.355 e. The van der Waals surface area contributed by atoms with Gasteiger partial charge in [0.15, 0.2) is 0 Å². The van der Waals surface area contributed by atoms with Gasteiger partial charge in [0.05, 0.1) is 16.5 Å². The van der Waals surface area contributed by atoms with E-state index in [-0.39, 0.29) is 35.5 Å². The summed E-state index contributed by atoms with van der Waals surface area (Å²) in [5.74, 6) is -0.171. The van der Waals surface area contributed by atoms with Gasteiger partial charge in [-0.25, -0.2) is 12.8 Å². The van der Waals surface area contributed by atoms with E-state index in [4.69, 9.17) is 11.6 Å². The second-order valence-electron chi connectivity index (χ2n) is 6.79. The van der Waals surface area contributed by atoms with Crippen LogP contribution in [0.5, 0.6) is 0 Å². The zero-order valence-electron chi connectivity index (χ0n) is 15.0. The number of rotatable bonds is 7. The van der Waals surface area contributed by atoms with Crippen LogP contribution in [0.3, 0.4) is 0 Å². The van der Waals surface area contributed by atoms with E-state index in [1.165, 1.54) is 10.4 Å². The van der Waals surface area contributed by atoms with Gasteiger partial charge in [0.25, 0.3) is 0 Å². The summed E-state index contributed by atoms with van der Waals surface area (Å²) in [7, 11) is -3.72. The number of sulfonamides is 1. The first-order chi connectivity index (χ1) is 12.2. The summed E-state index contributed by atoms with van der Waals surface area (Å²) in [5.41, 5.74) is 0. The Morgan fingerprint density at radius 2 is 1.92 bits per heavy atom. The standard InChI is InChI=1S/C17H25ClFN3O3S/c1-13(2)5-6-20-17(23)12-21-7-9-22(10-8-21)26(24,25)14-3-4-16(19)15(18)11-14/h3-4,11,13H,5-10,12H2,1-2H3,(H,20,23). The molecule has 1 amide bonds. The molecule has 1 fully saturated rings. The molecule has 0 aliphatic carbocycles. The van der Waals surface area contributed by atoms with E-state index in [0.717, 1.165) is 18.6 Å². The summed E-state index contributed by atoms with van der Waals surface area (Å²) in [6.45, 7) is 6.58. The Balaban J connectivity index is 1.87. The highest BCUT2D eigenvalue weighted by Gasteiger charge is 2.29. The molecule has 0 bridgehead atoms. The van der Waals surface area contributed by atoms with Gasteiger partial charge in [0, 0.05) is 32.7 Å². The highest BCUT2D eigenvalue weighted by Crippen LogP contribution is 2.23. The average Bonchev–Trinajstić information content (AvgIpc) is 2.57. The molecule has 146 valence electrons. The third-order valence-corrected chi connectivity index (χ3v) is 6.46. The topological polar surface area (TPSA) is 69.7 Å². The molecule has 1 heterocycles. The molecule has 26 heavy (non-hydrogen) atoms. The van der Waals surface area contributed by atoms with Crippen molar-refractivity contribution in [2.24, 2.45) is 5.92 Å². The van der Waals surface area contributed by atoms with E-state index >= 15 is 0 Å². The van der Waals surface area contributed by atoms with E-state index in [2.05, 4.69) is 19.2 Å². The first kappa shape index (κ1) is 21.1. The number of carbonyl (C=O) groups excluding carboxylic acids is 1. The van der Waals surface area contributed by atoms with Crippen molar-refractivity contribution in [3.63, 3.8) is 0 Å². The lowest BCUT2D eigenvalue weighted by Crippen LogP contribution is -2.51. The van der Waals surface area contributed by atoms with Crippen molar-refractivity contribution in [2.75, 3.05) is 39.3 Å². The predicted molar refractivity (Wildman–Crippen MR) is 99.1 cm³/mol. The van der Waals surface area contributed by atoms with E-state index in [0.29, 0.717) is 25.6 Å². The van der Waals surface area contributed by atoms with E-state index in [1.54, 1.807) is 0 Å². The lowest BCUT2D eigenvalue weighted by Gasteiger charge is -2.33. The first-order valence-corrected chi connectivity index (χ1v) is 10.5. The maximum Gasteiger partial charge on any atom is 0.243 e. The minimum absolute atomic E-state index is 0.0243.